The Morgan fingerprint density at radius 3 is 2.47 bits per heavy atom. The van der Waals surface area contributed by atoms with Gasteiger partial charge < -0.3 is 16.2 Å². The molecule has 0 atom stereocenters. The maximum atomic E-state index is 11.2. The van der Waals surface area contributed by atoms with Crippen LogP contribution >= 0.6 is 27.5 Å². The van der Waals surface area contributed by atoms with Crippen molar-refractivity contribution in [3.05, 3.63) is 51.5 Å². The number of benzene rings is 2. The lowest BCUT2D eigenvalue weighted by molar-refractivity contribution is 0.0698. The fourth-order valence-electron chi connectivity index (χ4n) is 1.60. The minimum atomic E-state index is -1.09. The van der Waals surface area contributed by atoms with Crippen molar-refractivity contribution in [2.45, 2.75) is 0 Å². The fourth-order valence-corrected chi connectivity index (χ4v) is 2.14. The number of nitrogens with two attached hydrogens (primary N) is 1. The molecule has 98 valence electrons. The summed E-state index contributed by atoms with van der Waals surface area (Å²) in [5.74, 6) is -1.09. The van der Waals surface area contributed by atoms with Crippen molar-refractivity contribution in [3.8, 4) is 0 Å². The summed E-state index contributed by atoms with van der Waals surface area (Å²) in [4.78, 5) is 11.2. The number of hydrogen-bond acceptors (Lipinski definition) is 3. The van der Waals surface area contributed by atoms with Crippen molar-refractivity contribution < 1.29 is 9.90 Å². The van der Waals surface area contributed by atoms with E-state index in [2.05, 4.69) is 21.2 Å². The summed E-state index contributed by atoms with van der Waals surface area (Å²) in [5.41, 5.74) is 7.00. The van der Waals surface area contributed by atoms with Crippen LogP contribution in [0.4, 0.5) is 17.1 Å². The summed E-state index contributed by atoms with van der Waals surface area (Å²) >= 11 is 9.37. The number of anilines is 3. The standard InChI is InChI=1S/C13H10BrClN2O2/c14-7-1-3-9(4-2-7)17-12-10(13(18)19)5-8(16)6-11(12)15/h1-6,17H,16H2,(H,18,19). The molecule has 0 spiro atoms. The van der Waals surface area contributed by atoms with E-state index in [1.807, 2.05) is 24.3 Å². The lowest BCUT2D eigenvalue weighted by Crippen LogP contribution is -2.04. The first kappa shape index (κ1) is 13.7. The largest absolute Gasteiger partial charge is 0.478 e. The summed E-state index contributed by atoms with van der Waals surface area (Å²) in [6.45, 7) is 0. The number of rotatable bonds is 3. The second-order valence-corrected chi connectivity index (χ2v) is 5.19. The quantitative estimate of drug-likeness (QED) is 0.734. The maximum absolute atomic E-state index is 11.2. The number of nitrogen functional groups attached to an aromatic ring is 1. The number of carbonyl (C=O) groups is 1. The van der Waals surface area contributed by atoms with E-state index in [9.17, 15) is 9.90 Å². The van der Waals surface area contributed by atoms with Crippen LogP contribution in [0.15, 0.2) is 40.9 Å². The van der Waals surface area contributed by atoms with Gasteiger partial charge in [-0.15, -0.1) is 0 Å². The number of nitrogens with one attached hydrogen (secondary N) is 1. The SMILES string of the molecule is Nc1cc(Cl)c(Nc2ccc(Br)cc2)c(C(=O)O)c1. The molecule has 2 aromatic rings. The monoisotopic (exact) mass is 340 g/mol. The Labute approximate surface area is 123 Å². The van der Waals surface area contributed by atoms with E-state index in [4.69, 9.17) is 17.3 Å². The van der Waals surface area contributed by atoms with Crippen molar-refractivity contribution >= 4 is 50.6 Å². The zero-order valence-corrected chi connectivity index (χ0v) is 12.0. The molecule has 6 heteroatoms. The van der Waals surface area contributed by atoms with Crippen LogP contribution in [0.3, 0.4) is 0 Å². The van der Waals surface area contributed by atoms with E-state index in [0.717, 1.165) is 10.2 Å². The topological polar surface area (TPSA) is 75.3 Å². The number of hydrogen-bond donors (Lipinski definition) is 3. The molecule has 0 fully saturated rings. The average Bonchev–Trinajstić information content (AvgIpc) is 2.34. The molecular weight excluding hydrogens is 332 g/mol. The van der Waals surface area contributed by atoms with E-state index >= 15 is 0 Å². The predicted octanol–water partition coefficient (Wildman–Crippen LogP) is 4.13. The molecule has 0 saturated carbocycles. The smallest absolute Gasteiger partial charge is 0.337 e. The Bertz CT molecular complexity index is 629. The second kappa shape index (κ2) is 5.50. The van der Waals surface area contributed by atoms with Gasteiger partial charge in [-0.2, -0.15) is 0 Å². The summed E-state index contributed by atoms with van der Waals surface area (Å²) in [6.07, 6.45) is 0. The van der Waals surface area contributed by atoms with Crippen LogP contribution < -0.4 is 11.1 Å². The number of halogens is 2. The van der Waals surface area contributed by atoms with E-state index < -0.39 is 5.97 Å². The van der Waals surface area contributed by atoms with Gasteiger partial charge in [-0.3, -0.25) is 0 Å². The van der Waals surface area contributed by atoms with Gasteiger partial charge in [0.05, 0.1) is 16.3 Å². The highest BCUT2D eigenvalue weighted by Gasteiger charge is 2.15. The van der Waals surface area contributed by atoms with Gasteiger partial charge in [0.2, 0.25) is 0 Å². The minimum absolute atomic E-state index is 0.0351. The highest BCUT2D eigenvalue weighted by atomic mass is 79.9. The van der Waals surface area contributed by atoms with Gasteiger partial charge in [0.1, 0.15) is 0 Å². The Balaban J connectivity index is 2.44. The average molecular weight is 342 g/mol. The van der Waals surface area contributed by atoms with Gasteiger partial charge in [0.15, 0.2) is 0 Å². The first-order valence-corrected chi connectivity index (χ1v) is 6.49. The number of carboxylic acids is 1. The second-order valence-electron chi connectivity index (χ2n) is 3.86. The maximum Gasteiger partial charge on any atom is 0.337 e. The molecule has 19 heavy (non-hydrogen) atoms. The Kier molecular flexibility index (Phi) is 3.97. The molecular formula is C13H10BrClN2O2. The van der Waals surface area contributed by atoms with Crippen LogP contribution in [-0.2, 0) is 0 Å². The molecule has 0 aromatic heterocycles. The lowest BCUT2D eigenvalue weighted by atomic mass is 10.1. The highest BCUT2D eigenvalue weighted by molar-refractivity contribution is 9.10. The summed E-state index contributed by atoms with van der Waals surface area (Å²) < 4.78 is 0.930. The molecule has 4 N–H and O–H groups in total. The van der Waals surface area contributed by atoms with Crippen molar-refractivity contribution in [2.75, 3.05) is 11.1 Å². The van der Waals surface area contributed by atoms with E-state index in [1.165, 1.54) is 12.1 Å². The Morgan fingerprint density at radius 2 is 1.89 bits per heavy atom. The zero-order chi connectivity index (χ0) is 14.0. The van der Waals surface area contributed by atoms with E-state index in [0.29, 0.717) is 11.4 Å². The molecule has 4 nitrogen and oxygen atoms in total. The summed E-state index contributed by atoms with van der Waals surface area (Å²) in [5, 5.41) is 12.4. The van der Waals surface area contributed by atoms with Gasteiger partial charge in [-0.1, -0.05) is 27.5 Å². The Morgan fingerprint density at radius 1 is 1.26 bits per heavy atom. The van der Waals surface area contributed by atoms with Crippen LogP contribution in [0.1, 0.15) is 10.4 Å². The highest BCUT2D eigenvalue weighted by Crippen LogP contribution is 2.32. The minimum Gasteiger partial charge on any atom is -0.478 e. The van der Waals surface area contributed by atoms with Crippen LogP contribution in [-0.4, -0.2) is 11.1 Å². The summed E-state index contributed by atoms with van der Waals surface area (Å²) in [6, 6.07) is 10.2. The van der Waals surface area contributed by atoms with Crippen molar-refractivity contribution in [1.82, 2.24) is 0 Å². The van der Waals surface area contributed by atoms with Crippen LogP contribution in [0.5, 0.6) is 0 Å². The molecule has 0 bridgehead atoms. The van der Waals surface area contributed by atoms with Gasteiger partial charge in [-0.05, 0) is 36.4 Å². The third-order valence-electron chi connectivity index (χ3n) is 2.46. The number of carboxylic acid groups (broad SMARTS) is 1. The zero-order valence-electron chi connectivity index (χ0n) is 9.65. The lowest BCUT2D eigenvalue weighted by Gasteiger charge is -2.12. The molecule has 0 saturated heterocycles. The predicted molar refractivity (Wildman–Crippen MR) is 80.2 cm³/mol. The molecule has 0 aliphatic rings. The van der Waals surface area contributed by atoms with Crippen LogP contribution in [0.2, 0.25) is 5.02 Å². The Hall–Kier alpha value is -1.72. The van der Waals surface area contributed by atoms with E-state index in [1.54, 1.807) is 0 Å². The van der Waals surface area contributed by atoms with Crippen molar-refractivity contribution in [1.29, 1.82) is 0 Å². The molecule has 0 heterocycles. The van der Waals surface area contributed by atoms with E-state index in [-0.39, 0.29) is 10.6 Å². The molecule has 0 amide bonds. The molecule has 0 aliphatic heterocycles. The first-order chi connectivity index (χ1) is 8.97. The van der Waals surface area contributed by atoms with Crippen LogP contribution in [0, 0.1) is 0 Å². The van der Waals surface area contributed by atoms with Gasteiger partial charge in [0, 0.05) is 15.8 Å². The van der Waals surface area contributed by atoms with Crippen LogP contribution in [0.25, 0.3) is 0 Å². The molecule has 0 radical (unpaired) electrons. The fraction of sp³-hybridized carbons (Fsp3) is 0. The first-order valence-electron chi connectivity index (χ1n) is 5.32. The number of aromatic carboxylic acids is 1. The van der Waals surface area contributed by atoms with Gasteiger partial charge in [0.25, 0.3) is 0 Å². The normalized spacial score (nSPS) is 10.2. The molecule has 2 rings (SSSR count). The third-order valence-corrected chi connectivity index (χ3v) is 3.28. The molecule has 0 unspecified atom stereocenters. The van der Waals surface area contributed by atoms with Crippen molar-refractivity contribution in [3.63, 3.8) is 0 Å². The summed E-state index contributed by atoms with van der Waals surface area (Å²) in [7, 11) is 0. The molecule has 2 aromatic carbocycles. The molecule has 0 aliphatic carbocycles. The van der Waals surface area contributed by atoms with Gasteiger partial charge >= 0.3 is 5.97 Å². The third kappa shape index (κ3) is 3.19. The van der Waals surface area contributed by atoms with Crippen molar-refractivity contribution in [2.24, 2.45) is 0 Å². The van der Waals surface area contributed by atoms with Gasteiger partial charge in [-0.25, -0.2) is 4.79 Å².